The second-order valence-electron chi connectivity index (χ2n) is 3.04. The van der Waals surface area contributed by atoms with Gasteiger partial charge in [0.25, 0.3) is 0 Å². The third-order valence-corrected chi connectivity index (χ3v) is 2.00. The van der Waals surface area contributed by atoms with Crippen molar-refractivity contribution >= 4 is 0 Å². The molecular weight excluding hydrogens is 170 g/mol. The van der Waals surface area contributed by atoms with E-state index < -0.39 is 0 Å². The van der Waals surface area contributed by atoms with Crippen LogP contribution in [0.2, 0.25) is 0 Å². The molecule has 0 aliphatic carbocycles. The van der Waals surface area contributed by atoms with Crippen molar-refractivity contribution in [2.24, 2.45) is 0 Å². The van der Waals surface area contributed by atoms with E-state index in [0.29, 0.717) is 0 Å². The number of hydrogen-bond acceptors (Lipinski definition) is 1. The molecule has 0 unspecified atom stereocenters. The quantitative estimate of drug-likeness (QED) is 0.576. The Labute approximate surface area is 87.4 Å². The Kier molecular flexibility index (Phi) is 5.38. The highest BCUT2D eigenvalue weighted by Crippen LogP contribution is 2.15. The summed E-state index contributed by atoms with van der Waals surface area (Å²) in [6.07, 6.45) is 6.72. The van der Waals surface area contributed by atoms with Crippen molar-refractivity contribution in [3.8, 4) is 0 Å². The average Bonchev–Trinajstić information content (AvgIpc) is 2.22. The summed E-state index contributed by atoms with van der Waals surface area (Å²) in [6, 6.07) is 0. The fourth-order valence-electron chi connectivity index (χ4n) is 0.872. The minimum Gasteiger partial charge on any atom is -0.345 e. The van der Waals surface area contributed by atoms with E-state index in [1.807, 2.05) is 18.0 Å². The molecule has 0 spiro atoms. The largest absolute Gasteiger partial charge is 0.345 e. The van der Waals surface area contributed by atoms with Crippen molar-refractivity contribution in [2.45, 2.75) is 13.3 Å². The predicted molar refractivity (Wildman–Crippen MR) is 64.8 cm³/mol. The predicted octanol–water partition coefficient (Wildman–Crippen LogP) is 3.65. The van der Waals surface area contributed by atoms with Gasteiger partial charge in [0.15, 0.2) is 0 Å². The minimum absolute atomic E-state index is 0.818. The molecule has 1 heteroatoms. The molecule has 0 saturated carbocycles. The number of allylic oxidation sites excluding steroid dienone is 3. The minimum atomic E-state index is 0.818. The molecule has 0 aromatic carbocycles. The van der Waals surface area contributed by atoms with Crippen molar-refractivity contribution in [2.75, 3.05) is 7.05 Å². The fourth-order valence-corrected chi connectivity index (χ4v) is 0.872. The van der Waals surface area contributed by atoms with Gasteiger partial charge in [-0.1, -0.05) is 45.4 Å². The van der Waals surface area contributed by atoms with Crippen LogP contribution < -0.4 is 0 Å². The molecule has 0 bridgehead atoms. The SMILES string of the molecule is C=CC(=C)C(=C)N(C)C(=C)/C=C\CC. The highest BCUT2D eigenvalue weighted by Gasteiger charge is 2.04. The Bertz CT molecular complexity index is 282. The van der Waals surface area contributed by atoms with Crippen molar-refractivity contribution < 1.29 is 0 Å². The molecule has 0 N–H and O–H groups in total. The molecule has 0 atom stereocenters. The topological polar surface area (TPSA) is 3.24 Å². The van der Waals surface area contributed by atoms with Gasteiger partial charge in [-0.2, -0.15) is 0 Å². The van der Waals surface area contributed by atoms with Crippen LogP contribution in [0.25, 0.3) is 0 Å². The monoisotopic (exact) mass is 189 g/mol. The van der Waals surface area contributed by atoms with Gasteiger partial charge in [0.2, 0.25) is 0 Å². The van der Waals surface area contributed by atoms with Gasteiger partial charge in [-0.25, -0.2) is 0 Å². The lowest BCUT2D eigenvalue weighted by Gasteiger charge is -2.22. The molecule has 0 aliphatic rings. The van der Waals surface area contributed by atoms with E-state index in [1.165, 1.54) is 0 Å². The molecule has 14 heavy (non-hydrogen) atoms. The van der Waals surface area contributed by atoms with Crippen LogP contribution in [0.15, 0.2) is 61.5 Å². The molecule has 0 saturated heterocycles. The highest BCUT2D eigenvalue weighted by atomic mass is 15.1. The van der Waals surface area contributed by atoms with Gasteiger partial charge in [0.05, 0.1) is 0 Å². The summed E-state index contributed by atoms with van der Waals surface area (Å²) in [4.78, 5) is 1.90. The zero-order chi connectivity index (χ0) is 11.1. The van der Waals surface area contributed by atoms with Crippen LogP contribution in [0, 0.1) is 0 Å². The van der Waals surface area contributed by atoms with E-state index in [1.54, 1.807) is 6.08 Å². The van der Waals surface area contributed by atoms with Crippen molar-refractivity contribution in [3.05, 3.63) is 61.5 Å². The summed E-state index contributed by atoms with van der Waals surface area (Å²) >= 11 is 0. The molecule has 1 nitrogen and oxygen atoms in total. The normalized spacial score (nSPS) is 9.86. The van der Waals surface area contributed by atoms with E-state index >= 15 is 0 Å². The maximum absolute atomic E-state index is 3.93. The number of nitrogens with zero attached hydrogens (tertiary/aromatic N) is 1. The van der Waals surface area contributed by atoms with Crippen LogP contribution in [0.4, 0.5) is 0 Å². The average molecular weight is 189 g/mol. The molecule has 0 rings (SSSR count). The smallest absolute Gasteiger partial charge is 0.0402 e. The summed E-state index contributed by atoms with van der Waals surface area (Å²) in [5.74, 6) is 0. The summed E-state index contributed by atoms with van der Waals surface area (Å²) in [5, 5.41) is 0. The van der Waals surface area contributed by atoms with Crippen LogP contribution in [0.1, 0.15) is 13.3 Å². The van der Waals surface area contributed by atoms with Gasteiger partial charge >= 0.3 is 0 Å². The second kappa shape index (κ2) is 6.03. The van der Waals surface area contributed by atoms with Gasteiger partial charge in [-0.15, -0.1) is 0 Å². The lowest BCUT2D eigenvalue weighted by atomic mass is 10.2. The van der Waals surface area contributed by atoms with Crippen molar-refractivity contribution in [1.29, 1.82) is 0 Å². The Hall–Kier alpha value is -1.50. The van der Waals surface area contributed by atoms with E-state index in [-0.39, 0.29) is 0 Å². The van der Waals surface area contributed by atoms with Gasteiger partial charge < -0.3 is 4.90 Å². The van der Waals surface area contributed by atoms with Crippen LogP contribution in [0.5, 0.6) is 0 Å². The summed E-state index contributed by atoms with van der Waals surface area (Å²) in [5.41, 5.74) is 2.55. The van der Waals surface area contributed by atoms with E-state index in [4.69, 9.17) is 0 Å². The molecule has 76 valence electrons. The van der Waals surface area contributed by atoms with Crippen LogP contribution in [-0.2, 0) is 0 Å². The maximum Gasteiger partial charge on any atom is 0.0402 e. The Morgan fingerprint density at radius 3 is 2.29 bits per heavy atom. The first kappa shape index (κ1) is 12.5. The van der Waals surface area contributed by atoms with Crippen LogP contribution >= 0.6 is 0 Å². The highest BCUT2D eigenvalue weighted by molar-refractivity contribution is 5.36. The van der Waals surface area contributed by atoms with Gasteiger partial charge in [0, 0.05) is 18.4 Å². The van der Waals surface area contributed by atoms with Crippen molar-refractivity contribution in [3.63, 3.8) is 0 Å². The third kappa shape index (κ3) is 3.48. The molecule has 0 aromatic heterocycles. The van der Waals surface area contributed by atoms with E-state index in [9.17, 15) is 0 Å². The first-order valence-electron chi connectivity index (χ1n) is 4.64. The Morgan fingerprint density at radius 1 is 1.29 bits per heavy atom. The van der Waals surface area contributed by atoms with Gasteiger partial charge in [0.1, 0.15) is 0 Å². The van der Waals surface area contributed by atoms with Crippen LogP contribution in [-0.4, -0.2) is 11.9 Å². The number of rotatable bonds is 6. The molecule has 0 aromatic rings. The summed E-state index contributed by atoms with van der Waals surface area (Å²) in [7, 11) is 1.92. The summed E-state index contributed by atoms with van der Waals surface area (Å²) < 4.78 is 0. The zero-order valence-electron chi connectivity index (χ0n) is 9.21. The molecule has 0 amide bonds. The third-order valence-electron chi connectivity index (χ3n) is 2.00. The number of likely N-dealkylation sites (N-methyl/N-ethyl adjacent to an activating group) is 1. The molecular formula is C13H19N. The van der Waals surface area contributed by atoms with Gasteiger partial charge in [-0.3, -0.25) is 0 Å². The van der Waals surface area contributed by atoms with Crippen molar-refractivity contribution in [1.82, 2.24) is 4.90 Å². The first-order chi connectivity index (χ1) is 6.54. The van der Waals surface area contributed by atoms with E-state index in [2.05, 4.69) is 39.3 Å². The van der Waals surface area contributed by atoms with Gasteiger partial charge in [-0.05, 0) is 18.1 Å². The van der Waals surface area contributed by atoms with E-state index in [0.717, 1.165) is 23.4 Å². The first-order valence-corrected chi connectivity index (χ1v) is 4.64. The zero-order valence-corrected chi connectivity index (χ0v) is 9.21. The molecule has 0 heterocycles. The number of hydrogen-bond donors (Lipinski definition) is 0. The lowest BCUT2D eigenvalue weighted by Crippen LogP contribution is -2.15. The van der Waals surface area contributed by atoms with Crippen LogP contribution in [0.3, 0.4) is 0 Å². The Morgan fingerprint density at radius 2 is 1.86 bits per heavy atom. The summed E-state index contributed by atoms with van der Waals surface area (Å²) in [6.45, 7) is 17.4. The standard InChI is InChI=1S/C13H19N/c1-7-9-10-12(4)14(6)13(5)11(3)8-2/h8-10H,2-5,7H2,1,6H3/b10-9-. The fraction of sp³-hybridized carbons (Fsp3) is 0.231. The lowest BCUT2D eigenvalue weighted by molar-refractivity contribution is 0.553. The molecule has 0 radical (unpaired) electrons. The second-order valence-corrected chi connectivity index (χ2v) is 3.04. The Balaban J connectivity index is 4.46. The molecule has 0 aliphatic heterocycles. The molecule has 0 fully saturated rings. The maximum atomic E-state index is 3.93.